The van der Waals surface area contributed by atoms with E-state index in [0.29, 0.717) is 12.1 Å². The van der Waals surface area contributed by atoms with Gasteiger partial charge in [-0.25, -0.2) is 9.59 Å². The molecule has 2 aromatic rings. The zero-order chi connectivity index (χ0) is 16.3. The van der Waals surface area contributed by atoms with E-state index in [9.17, 15) is 24.1 Å². The van der Waals surface area contributed by atoms with E-state index in [1.807, 2.05) is 0 Å². The topological polar surface area (TPSA) is 86.5 Å². The maximum Gasteiger partial charge on any atom is 0.347 e. The van der Waals surface area contributed by atoms with Gasteiger partial charge in [0.25, 0.3) is 0 Å². The molecular weight excluding hydrogens is 317 g/mol. The summed E-state index contributed by atoms with van der Waals surface area (Å²) in [7, 11) is 0. The molecule has 6 nitrogen and oxygen atoms in total. The molecule has 0 saturated carbocycles. The number of hydrogen-bond acceptors (Lipinski definition) is 5. The van der Waals surface area contributed by atoms with Crippen molar-refractivity contribution >= 4 is 29.2 Å². The van der Waals surface area contributed by atoms with Gasteiger partial charge in [-0.1, -0.05) is 29.8 Å². The lowest BCUT2D eigenvalue weighted by molar-refractivity contribution is -0.387. The first kappa shape index (κ1) is 15.6. The summed E-state index contributed by atoms with van der Waals surface area (Å²) in [6.45, 7) is 0. The molecule has 2 rings (SSSR count). The maximum atomic E-state index is 13.3. The van der Waals surface area contributed by atoms with Crippen molar-refractivity contribution in [3.05, 3.63) is 74.5 Å². The Balaban J connectivity index is 2.28. The Morgan fingerprint density at radius 3 is 2.36 bits per heavy atom. The number of nitrogens with zero attached hydrogens (tertiary/aromatic N) is 1. The highest BCUT2D eigenvalue weighted by molar-refractivity contribution is 6.34. The summed E-state index contributed by atoms with van der Waals surface area (Å²) in [6.07, 6.45) is 0. The number of nitro groups is 1. The number of carbonyl (C=O) groups excluding carboxylic acids is 2. The van der Waals surface area contributed by atoms with Crippen LogP contribution in [0.3, 0.4) is 0 Å². The van der Waals surface area contributed by atoms with E-state index >= 15 is 0 Å². The van der Waals surface area contributed by atoms with E-state index in [2.05, 4.69) is 4.74 Å². The SMILES string of the molecule is O=C(OC(=O)c1cc([N+](=O)[O-])c(F)cc1Cl)c1ccccc1. The Labute approximate surface area is 128 Å². The first-order valence-corrected chi connectivity index (χ1v) is 6.23. The standard InChI is InChI=1S/C14H7ClFNO5/c15-10-7-11(16)12(17(20)21)6-9(10)14(19)22-13(18)8-4-2-1-3-5-8/h1-7H. The Bertz CT molecular complexity index is 763. The van der Waals surface area contributed by atoms with Crippen molar-refractivity contribution < 1.29 is 23.6 Å². The minimum atomic E-state index is -1.21. The number of rotatable bonds is 3. The molecule has 0 aliphatic carbocycles. The zero-order valence-corrected chi connectivity index (χ0v) is 11.5. The Kier molecular flexibility index (Phi) is 4.47. The molecule has 2 aromatic carbocycles. The van der Waals surface area contributed by atoms with Crippen LogP contribution in [0.1, 0.15) is 20.7 Å². The van der Waals surface area contributed by atoms with Crippen LogP contribution in [0.4, 0.5) is 10.1 Å². The van der Waals surface area contributed by atoms with Gasteiger partial charge < -0.3 is 4.74 Å². The van der Waals surface area contributed by atoms with Gasteiger partial charge in [-0.3, -0.25) is 10.1 Å². The molecule has 0 fully saturated rings. The predicted octanol–water partition coefficient (Wildman–Crippen LogP) is 3.38. The second kappa shape index (κ2) is 6.31. The zero-order valence-electron chi connectivity index (χ0n) is 10.8. The van der Waals surface area contributed by atoms with Crippen molar-refractivity contribution in [1.29, 1.82) is 0 Å². The number of hydrogen-bond donors (Lipinski definition) is 0. The van der Waals surface area contributed by atoms with Crippen molar-refractivity contribution in [2.24, 2.45) is 0 Å². The van der Waals surface area contributed by atoms with Gasteiger partial charge in [0, 0.05) is 12.1 Å². The fourth-order valence-corrected chi connectivity index (χ4v) is 1.83. The summed E-state index contributed by atoms with van der Waals surface area (Å²) in [6, 6.07) is 8.88. The highest BCUT2D eigenvalue weighted by atomic mass is 35.5. The fourth-order valence-electron chi connectivity index (χ4n) is 1.61. The first-order valence-electron chi connectivity index (χ1n) is 5.85. The van der Waals surface area contributed by atoms with Crippen LogP contribution in [-0.4, -0.2) is 16.9 Å². The summed E-state index contributed by atoms with van der Waals surface area (Å²) in [5, 5.41) is 10.3. The predicted molar refractivity (Wildman–Crippen MR) is 74.3 cm³/mol. The average Bonchev–Trinajstić information content (AvgIpc) is 2.47. The average molecular weight is 324 g/mol. The van der Waals surface area contributed by atoms with Crippen molar-refractivity contribution in [2.45, 2.75) is 0 Å². The molecule has 0 atom stereocenters. The molecule has 0 heterocycles. The monoisotopic (exact) mass is 323 g/mol. The molecule has 0 aliphatic rings. The number of ether oxygens (including phenoxy) is 1. The maximum absolute atomic E-state index is 13.3. The van der Waals surface area contributed by atoms with Crippen molar-refractivity contribution in [2.75, 3.05) is 0 Å². The lowest BCUT2D eigenvalue weighted by Crippen LogP contribution is -2.13. The smallest absolute Gasteiger partial charge is 0.347 e. The molecule has 8 heteroatoms. The van der Waals surface area contributed by atoms with Gasteiger partial charge in [-0.05, 0) is 12.1 Å². The molecule has 0 aliphatic heterocycles. The van der Waals surface area contributed by atoms with Crippen LogP contribution in [0.15, 0.2) is 42.5 Å². The number of nitro benzene ring substituents is 1. The van der Waals surface area contributed by atoms with Crippen LogP contribution in [0.25, 0.3) is 0 Å². The van der Waals surface area contributed by atoms with Crippen LogP contribution in [0, 0.1) is 15.9 Å². The Morgan fingerprint density at radius 1 is 1.14 bits per heavy atom. The van der Waals surface area contributed by atoms with E-state index in [1.165, 1.54) is 12.1 Å². The molecule has 0 bridgehead atoms. The van der Waals surface area contributed by atoms with E-state index < -0.39 is 39.0 Å². The van der Waals surface area contributed by atoms with Crippen LogP contribution in [0.5, 0.6) is 0 Å². The minimum absolute atomic E-state index is 0.114. The highest BCUT2D eigenvalue weighted by Gasteiger charge is 2.24. The molecule has 0 spiro atoms. The van der Waals surface area contributed by atoms with Gasteiger partial charge in [0.2, 0.25) is 5.82 Å². The minimum Gasteiger partial charge on any atom is -0.386 e. The number of halogens is 2. The summed E-state index contributed by atoms with van der Waals surface area (Å²) >= 11 is 5.66. The lowest BCUT2D eigenvalue weighted by Gasteiger charge is -2.05. The third-order valence-corrected chi connectivity index (χ3v) is 2.96. The quantitative estimate of drug-likeness (QED) is 0.374. The van der Waals surface area contributed by atoms with Crippen molar-refractivity contribution in [3.63, 3.8) is 0 Å². The van der Waals surface area contributed by atoms with Gasteiger partial charge in [0.15, 0.2) is 0 Å². The second-order valence-corrected chi connectivity index (χ2v) is 4.49. The normalized spacial score (nSPS) is 10.1. The molecular formula is C14H7ClFNO5. The van der Waals surface area contributed by atoms with Gasteiger partial charge in [0.1, 0.15) is 0 Å². The third kappa shape index (κ3) is 3.26. The van der Waals surface area contributed by atoms with Crippen molar-refractivity contribution in [3.8, 4) is 0 Å². The first-order chi connectivity index (χ1) is 10.4. The van der Waals surface area contributed by atoms with Crippen molar-refractivity contribution in [1.82, 2.24) is 0 Å². The van der Waals surface area contributed by atoms with E-state index in [-0.39, 0.29) is 5.56 Å². The molecule has 22 heavy (non-hydrogen) atoms. The van der Waals surface area contributed by atoms with Crippen LogP contribution < -0.4 is 0 Å². The Morgan fingerprint density at radius 2 is 1.77 bits per heavy atom. The molecule has 0 N–H and O–H groups in total. The second-order valence-electron chi connectivity index (χ2n) is 4.08. The Hall–Kier alpha value is -2.80. The van der Waals surface area contributed by atoms with E-state index in [1.54, 1.807) is 18.2 Å². The molecule has 0 radical (unpaired) electrons. The lowest BCUT2D eigenvalue weighted by atomic mass is 10.2. The highest BCUT2D eigenvalue weighted by Crippen LogP contribution is 2.26. The van der Waals surface area contributed by atoms with E-state index in [4.69, 9.17) is 11.6 Å². The van der Waals surface area contributed by atoms with Crippen LogP contribution >= 0.6 is 11.6 Å². The summed E-state index contributed by atoms with van der Waals surface area (Å²) in [5.74, 6) is -3.35. The van der Waals surface area contributed by atoms with Crippen LogP contribution in [0.2, 0.25) is 5.02 Å². The number of benzene rings is 2. The summed E-state index contributed by atoms with van der Waals surface area (Å²) < 4.78 is 17.9. The summed E-state index contributed by atoms with van der Waals surface area (Å²) in [5.41, 5.74) is -1.30. The van der Waals surface area contributed by atoms with Gasteiger partial charge >= 0.3 is 17.6 Å². The van der Waals surface area contributed by atoms with Gasteiger partial charge in [-0.15, -0.1) is 0 Å². The summed E-state index contributed by atoms with van der Waals surface area (Å²) in [4.78, 5) is 33.2. The molecule has 0 amide bonds. The third-order valence-electron chi connectivity index (χ3n) is 2.65. The van der Waals surface area contributed by atoms with E-state index in [0.717, 1.165) is 0 Å². The molecule has 0 unspecified atom stereocenters. The molecule has 0 aromatic heterocycles. The molecule has 112 valence electrons. The number of carbonyl (C=O) groups is 2. The number of esters is 2. The van der Waals surface area contributed by atoms with Gasteiger partial charge in [0.05, 0.1) is 21.1 Å². The fraction of sp³-hybridized carbons (Fsp3) is 0. The van der Waals surface area contributed by atoms with Gasteiger partial charge in [-0.2, -0.15) is 4.39 Å². The van der Waals surface area contributed by atoms with Crippen LogP contribution in [-0.2, 0) is 4.74 Å². The largest absolute Gasteiger partial charge is 0.386 e. The molecule has 0 saturated heterocycles.